The summed E-state index contributed by atoms with van der Waals surface area (Å²) in [6.07, 6.45) is 3.88. The van der Waals surface area contributed by atoms with E-state index in [-0.39, 0.29) is 0 Å². The minimum atomic E-state index is 0.331. The fourth-order valence-electron chi connectivity index (χ4n) is 2.64. The molecule has 0 atom stereocenters. The average molecular weight is 267 g/mol. The zero-order valence-corrected chi connectivity index (χ0v) is 12.1. The van der Waals surface area contributed by atoms with Gasteiger partial charge in [0.15, 0.2) is 0 Å². The molecule has 1 aliphatic carbocycles. The number of rotatable bonds is 3. The van der Waals surface area contributed by atoms with Crippen LogP contribution in [0.2, 0.25) is 0 Å². The van der Waals surface area contributed by atoms with Gasteiger partial charge in [-0.15, -0.1) is 0 Å². The maximum absolute atomic E-state index is 5.84. The fourth-order valence-corrected chi connectivity index (χ4v) is 2.64. The highest BCUT2D eigenvalue weighted by Gasteiger charge is 2.29. The standard InChI is InChI=1S/C17H21N3/c1-11(2)12-3-5-13(6-4-12)16-7-8-19-17(20-16)14-9-15(18)10-14/h3-8,11,14-15H,9-10,18H2,1-2H3. The fraction of sp³-hybridized carbons (Fsp3) is 0.412. The topological polar surface area (TPSA) is 51.8 Å². The van der Waals surface area contributed by atoms with Gasteiger partial charge in [0.05, 0.1) is 5.69 Å². The molecule has 3 nitrogen and oxygen atoms in total. The second-order valence-electron chi connectivity index (χ2n) is 6.01. The zero-order valence-electron chi connectivity index (χ0n) is 12.1. The highest BCUT2D eigenvalue weighted by molar-refractivity contribution is 5.59. The van der Waals surface area contributed by atoms with Crippen molar-refractivity contribution in [2.75, 3.05) is 0 Å². The summed E-state index contributed by atoms with van der Waals surface area (Å²) in [5.74, 6) is 1.94. The first kappa shape index (κ1) is 13.3. The Kier molecular flexibility index (Phi) is 3.53. The van der Waals surface area contributed by atoms with E-state index in [1.165, 1.54) is 5.56 Å². The van der Waals surface area contributed by atoms with Gasteiger partial charge in [-0.05, 0) is 30.4 Å². The largest absolute Gasteiger partial charge is 0.328 e. The second-order valence-corrected chi connectivity index (χ2v) is 6.01. The average Bonchev–Trinajstić information content (AvgIpc) is 2.44. The van der Waals surface area contributed by atoms with E-state index in [1.807, 2.05) is 12.3 Å². The Balaban J connectivity index is 1.84. The van der Waals surface area contributed by atoms with Gasteiger partial charge in [-0.25, -0.2) is 9.97 Å². The van der Waals surface area contributed by atoms with Gasteiger partial charge in [0.1, 0.15) is 5.82 Å². The van der Waals surface area contributed by atoms with Gasteiger partial charge < -0.3 is 5.73 Å². The summed E-state index contributed by atoms with van der Waals surface area (Å²) in [6.45, 7) is 4.41. The molecule has 0 unspecified atom stereocenters. The van der Waals surface area contributed by atoms with Crippen molar-refractivity contribution in [3.8, 4) is 11.3 Å². The molecule has 1 fully saturated rings. The lowest BCUT2D eigenvalue weighted by atomic mass is 9.80. The molecular formula is C17H21N3. The smallest absolute Gasteiger partial charge is 0.132 e. The normalized spacial score (nSPS) is 21.8. The van der Waals surface area contributed by atoms with Gasteiger partial charge in [-0.1, -0.05) is 38.1 Å². The molecular weight excluding hydrogens is 246 g/mol. The van der Waals surface area contributed by atoms with Crippen LogP contribution in [-0.2, 0) is 0 Å². The lowest BCUT2D eigenvalue weighted by molar-refractivity contribution is 0.338. The minimum Gasteiger partial charge on any atom is -0.328 e. The number of benzene rings is 1. The van der Waals surface area contributed by atoms with Gasteiger partial charge in [0.25, 0.3) is 0 Å². The molecule has 0 saturated heterocycles. The van der Waals surface area contributed by atoms with Gasteiger partial charge in [-0.2, -0.15) is 0 Å². The lowest BCUT2D eigenvalue weighted by Gasteiger charge is -2.31. The molecule has 2 N–H and O–H groups in total. The maximum atomic E-state index is 5.84. The first-order valence-electron chi connectivity index (χ1n) is 7.32. The zero-order chi connectivity index (χ0) is 14.1. The predicted molar refractivity (Wildman–Crippen MR) is 81.5 cm³/mol. The Hall–Kier alpha value is -1.74. The molecule has 0 aliphatic heterocycles. The van der Waals surface area contributed by atoms with Crippen molar-refractivity contribution in [2.45, 2.75) is 44.6 Å². The first-order valence-corrected chi connectivity index (χ1v) is 7.32. The Morgan fingerprint density at radius 2 is 1.80 bits per heavy atom. The van der Waals surface area contributed by atoms with Crippen molar-refractivity contribution in [3.63, 3.8) is 0 Å². The molecule has 20 heavy (non-hydrogen) atoms. The molecule has 3 rings (SSSR count). The van der Waals surface area contributed by atoms with E-state index in [4.69, 9.17) is 10.7 Å². The monoisotopic (exact) mass is 267 g/mol. The summed E-state index contributed by atoms with van der Waals surface area (Å²) >= 11 is 0. The van der Waals surface area contributed by atoms with Crippen LogP contribution < -0.4 is 5.73 Å². The predicted octanol–water partition coefficient (Wildman–Crippen LogP) is 3.47. The number of aromatic nitrogens is 2. The third kappa shape index (κ3) is 2.59. The van der Waals surface area contributed by atoms with Crippen LogP contribution in [0, 0.1) is 0 Å². The van der Waals surface area contributed by atoms with Crippen LogP contribution in [0.5, 0.6) is 0 Å². The van der Waals surface area contributed by atoms with Crippen LogP contribution >= 0.6 is 0 Å². The number of nitrogens with two attached hydrogens (primary N) is 1. The van der Waals surface area contributed by atoms with Gasteiger partial charge in [0, 0.05) is 23.7 Å². The summed E-state index contributed by atoms with van der Waals surface area (Å²) in [6, 6.07) is 11.0. The lowest BCUT2D eigenvalue weighted by Crippen LogP contribution is -2.35. The van der Waals surface area contributed by atoms with Gasteiger partial charge >= 0.3 is 0 Å². The minimum absolute atomic E-state index is 0.331. The van der Waals surface area contributed by atoms with Crippen molar-refractivity contribution >= 4 is 0 Å². The highest BCUT2D eigenvalue weighted by Crippen LogP contribution is 2.34. The van der Waals surface area contributed by atoms with Gasteiger partial charge in [-0.3, -0.25) is 0 Å². The summed E-state index contributed by atoms with van der Waals surface area (Å²) in [5.41, 5.74) is 9.36. The van der Waals surface area contributed by atoms with Crippen molar-refractivity contribution in [1.82, 2.24) is 9.97 Å². The molecule has 104 valence electrons. The Bertz CT molecular complexity index is 583. The van der Waals surface area contributed by atoms with E-state index in [0.29, 0.717) is 17.9 Å². The van der Waals surface area contributed by atoms with Gasteiger partial charge in [0.2, 0.25) is 0 Å². The molecule has 0 bridgehead atoms. The van der Waals surface area contributed by atoms with Crippen LogP contribution in [-0.4, -0.2) is 16.0 Å². The Morgan fingerprint density at radius 1 is 1.10 bits per heavy atom. The molecule has 0 amide bonds. The van der Waals surface area contributed by atoms with E-state index in [2.05, 4.69) is 43.1 Å². The molecule has 1 aliphatic rings. The summed E-state index contributed by atoms with van der Waals surface area (Å²) < 4.78 is 0. The van der Waals surface area contributed by atoms with Crippen LogP contribution in [0.4, 0.5) is 0 Å². The molecule has 1 aromatic heterocycles. The number of hydrogen-bond acceptors (Lipinski definition) is 3. The second kappa shape index (κ2) is 5.33. The molecule has 1 heterocycles. The third-order valence-corrected chi connectivity index (χ3v) is 4.09. The molecule has 1 aromatic carbocycles. The van der Waals surface area contributed by atoms with Crippen LogP contribution in [0.15, 0.2) is 36.5 Å². The van der Waals surface area contributed by atoms with E-state index < -0.39 is 0 Å². The number of hydrogen-bond donors (Lipinski definition) is 1. The SMILES string of the molecule is CC(C)c1ccc(-c2ccnc(C3CC(N)C3)n2)cc1. The van der Waals surface area contributed by atoms with E-state index in [9.17, 15) is 0 Å². The number of nitrogens with zero attached hydrogens (tertiary/aromatic N) is 2. The first-order chi connectivity index (χ1) is 9.63. The molecule has 2 aromatic rings. The Labute approximate surface area is 120 Å². The van der Waals surface area contributed by atoms with Crippen molar-refractivity contribution < 1.29 is 0 Å². The highest BCUT2D eigenvalue weighted by atomic mass is 14.9. The van der Waals surface area contributed by atoms with E-state index >= 15 is 0 Å². The van der Waals surface area contributed by atoms with Crippen molar-refractivity contribution in [1.29, 1.82) is 0 Å². The van der Waals surface area contributed by atoms with Crippen molar-refractivity contribution in [2.24, 2.45) is 5.73 Å². The van der Waals surface area contributed by atoms with Crippen LogP contribution in [0.1, 0.15) is 49.9 Å². The summed E-state index contributed by atoms with van der Waals surface area (Å²) in [7, 11) is 0. The molecule has 0 spiro atoms. The summed E-state index contributed by atoms with van der Waals surface area (Å²) in [4.78, 5) is 9.11. The van der Waals surface area contributed by atoms with Crippen LogP contribution in [0.3, 0.4) is 0 Å². The molecule has 3 heteroatoms. The van der Waals surface area contributed by atoms with Crippen LogP contribution in [0.25, 0.3) is 11.3 Å². The quantitative estimate of drug-likeness (QED) is 0.926. The van der Waals surface area contributed by atoms with E-state index in [0.717, 1.165) is 29.9 Å². The molecule has 0 radical (unpaired) electrons. The van der Waals surface area contributed by atoms with Crippen molar-refractivity contribution in [3.05, 3.63) is 47.9 Å². The third-order valence-electron chi connectivity index (χ3n) is 4.09. The molecule has 1 saturated carbocycles. The maximum Gasteiger partial charge on any atom is 0.132 e. The van der Waals surface area contributed by atoms with E-state index in [1.54, 1.807) is 0 Å². The summed E-state index contributed by atoms with van der Waals surface area (Å²) in [5, 5.41) is 0. The Morgan fingerprint density at radius 3 is 2.40 bits per heavy atom.